The third kappa shape index (κ3) is 5.68. The van der Waals surface area contributed by atoms with Gasteiger partial charge in [0, 0.05) is 50.3 Å². The fourth-order valence-corrected chi connectivity index (χ4v) is 4.28. The first kappa shape index (κ1) is 25.2. The van der Waals surface area contributed by atoms with E-state index in [0.717, 1.165) is 41.5 Å². The minimum Gasteiger partial charge on any atom is -0.489 e. The molecule has 3 aromatic rings. The average molecular weight is 490 g/mol. The van der Waals surface area contributed by atoms with Crippen LogP contribution in [0.5, 0.6) is 5.75 Å². The number of nitrogens with one attached hydrogen (secondary N) is 1. The Morgan fingerprint density at radius 3 is 2.67 bits per heavy atom. The van der Waals surface area contributed by atoms with Crippen LogP contribution in [0, 0.1) is 0 Å². The molecule has 0 radical (unpaired) electrons. The van der Waals surface area contributed by atoms with E-state index in [1.54, 1.807) is 6.20 Å². The standard InChI is InChI=1S/C27H35N7O2/c1-18(2)36-24-16-19(10-11-23(24)33(5)15-14-32(3)4)30-27-29-13-12-25(31-27)34-17-21(26(28)35)20-8-6-7-9-22(20)34/h6-13,16,18,21H,14-15,17H2,1-5H3,(H2,28,35)(H,29,30,31). The molecule has 0 bridgehead atoms. The summed E-state index contributed by atoms with van der Waals surface area (Å²) in [5, 5.41) is 3.31. The molecule has 1 aromatic heterocycles. The molecule has 0 saturated carbocycles. The summed E-state index contributed by atoms with van der Waals surface area (Å²) in [6, 6.07) is 15.7. The number of carbonyl (C=O) groups excluding carboxylic acids is 1. The van der Waals surface area contributed by atoms with E-state index in [1.165, 1.54) is 0 Å². The molecule has 36 heavy (non-hydrogen) atoms. The maximum Gasteiger partial charge on any atom is 0.229 e. The fourth-order valence-electron chi connectivity index (χ4n) is 4.28. The van der Waals surface area contributed by atoms with Crippen molar-refractivity contribution >= 4 is 34.7 Å². The number of carbonyl (C=O) groups is 1. The topological polar surface area (TPSA) is 99.8 Å². The number of likely N-dealkylation sites (N-methyl/N-ethyl adjacent to an activating group) is 2. The van der Waals surface area contributed by atoms with Gasteiger partial charge in [0.15, 0.2) is 0 Å². The van der Waals surface area contributed by atoms with Crippen LogP contribution >= 0.6 is 0 Å². The van der Waals surface area contributed by atoms with Gasteiger partial charge in [-0.1, -0.05) is 18.2 Å². The van der Waals surface area contributed by atoms with Crippen molar-refractivity contribution in [1.82, 2.24) is 14.9 Å². The summed E-state index contributed by atoms with van der Waals surface area (Å²) in [6.45, 7) is 6.30. The molecule has 3 N–H and O–H groups in total. The molecule has 0 fully saturated rings. The van der Waals surface area contributed by atoms with E-state index in [1.807, 2.05) is 67.3 Å². The Morgan fingerprint density at radius 1 is 1.17 bits per heavy atom. The molecule has 0 spiro atoms. The first-order valence-electron chi connectivity index (χ1n) is 12.2. The Bertz CT molecular complexity index is 1210. The van der Waals surface area contributed by atoms with Gasteiger partial charge in [0.25, 0.3) is 0 Å². The predicted octanol–water partition coefficient (Wildman–Crippen LogP) is 3.73. The smallest absolute Gasteiger partial charge is 0.229 e. The number of nitrogens with zero attached hydrogens (tertiary/aromatic N) is 5. The first-order valence-corrected chi connectivity index (χ1v) is 12.2. The minimum atomic E-state index is -0.375. The number of ether oxygens (including phenoxy) is 1. The van der Waals surface area contributed by atoms with Crippen molar-refractivity contribution in [3.05, 3.63) is 60.3 Å². The zero-order valence-electron chi connectivity index (χ0n) is 21.6. The zero-order chi connectivity index (χ0) is 25.8. The number of primary amides is 1. The Balaban J connectivity index is 1.58. The van der Waals surface area contributed by atoms with Gasteiger partial charge in [-0.25, -0.2) is 4.98 Å². The number of para-hydroxylation sites is 1. The summed E-state index contributed by atoms with van der Waals surface area (Å²) in [4.78, 5) is 27.5. The van der Waals surface area contributed by atoms with Crippen LogP contribution in [0.1, 0.15) is 25.3 Å². The Kier molecular flexibility index (Phi) is 7.59. The van der Waals surface area contributed by atoms with E-state index in [0.29, 0.717) is 18.3 Å². The average Bonchev–Trinajstić information content (AvgIpc) is 3.23. The lowest BCUT2D eigenvalue weighted by Gasteiger charge is -2.25. The molecule has 0 aliphatic carbocycles. The number of rotatable bonds is 10. The van der Waals surface area contributed by atoms with Crippen molar-refractivity contribution in [2.24, 2.45) is 5.73 Å². The van der Waals surface area contributed by atoms with Gasteiger partial charge in [-0.15, -0.1) is 0 Å². The van der Waals surface area contributed by atoms with Crippen LogP contribution in [0.15, 0.2) is 54.7 Å². The highest BCUT2D eigenvalue weighted by molar-refractivity contribution is 5.88. The van der Waals surface area contributed by atoms with Crippen LogP contribution in [-0.2, 0) is 4.79 Å². The van der Waals surface area contributed by atoms with E-state index in [2.05, 4.69) is 41.2 Å². The molecular formula is C27H35N7O2. The monoisotopic (exact) mass is 489 g/mol. The molecule has 4 rings (SSSR count). The summed E-state index contributed by atoms with van der Waals surface area (Å²) in [5.41, 5.74) is 9.37. The van der Waals surface area contributed by atoms with Gasteiger partial charge >= 0.3 is 0 Å². The molecule has 190 valence electrons. The van der Waals surface area contributed by atoms with Crippen molar-refractivity contribution in [3.8, 4) is 5.75 Å². The summed E-state index contributed by atoms with van der Waals surface area (Å²) < 4.78 is 6.14. The van der Waals surface area contributed by atoms with E-state index in [4.69, 9.17) is 15.5 Å². The SMILES string of the molecule is CC(C)Oc1cc(Nc2nccc(N3CC(C(N)=O)c4ccccc43)n2)ccc1N(C)CCN(C)C. The van der Waals surface area contributed by atoms with Crippen molar-refractivity contribution in [2.75, 3.05) is 55.9 Å². The molecule has 1 aliphatic rings. The molecule has 2 heterocycles. The summed E-state index contributed by atoms with van der Waals surface area (Å²) in [5.74, 6) is 1.23. The maximum atomic E-state index is 12.0. The van der Waals surface area contributed by atoms with Crippen LogP contribution in [-0.4, -0.2) is 67.7 Å². The zero-order valence-corrected chi connectivity index (χ0v) is 21.6. The molecular weight excluding hydrogens is 454 g/mol. The van der Waals surface area contributed by atoms with Crippen LogP contribution < -0.4 is 25.6 Å². The number of hydrogen-bond donors (Lipinski definition) is 2. The molecule has 1 aliphatic heterocycles. The number of amides is 1. The van der Waals surface area contributed by atoms with E-state index < -0.39 is 0 Å². The van der Waals surface area contributed by atoms with E-state index in [9.17, 15) is 4.79 Å². The third-order valence-electron chi connectivity index (χ3n) is 6.10. The van der Waals surface area contributed by atoms with Crippen molar-refractivity contribution < 1.29 is 9.53 Å². The Labute approximate surface area is 212 Å². The molecule has 9 nitrogen and oxygen atoms in total. The van der Waals surface area contributed by atoms with Gasteiger partial charge in [-0.05, 0) is 57.8 Å². The molecule has 1 atom stereocenters. The third-order valence-corrected chi connectivity index (χ3v) is 6.10. The summed E-state index contributed by atoms with van der Waals surface area (Å²) >= 11 is 0. The number of nitrogens with two attached hydrogens (primary N) is 1. The largest absolute Gasteiger partial charge is 0.489 e. The Hall–Kier alpha value is -3.85. The first-order chi connectivity index (χ1) is 17.2. The molecule has 1 unspecified atom stereocenters. The van der Waals surface area contributed by atoms with Crippen LogP contribution in [0.25, 0.3) is 0 Å². The Morgan fingerprint density at radius 2 is 1.94 bits per heavy atom. The lowest BCUT2D eigenvalue weighted by molar-refractivity contribution is -0.119. The number of aromatic nitrogens is 2. The number of hydrogen-bond acceptors (Lipinski definition) is 8. The second-order valence-electron chi connectivity index (χ2n) is 9.56. The molecule has 9 heteroatoms. The van der Waals surface area contributed by atoms with Gasteiger partial charge in [0.2, 0.25) is 11.9 Å². The van der Waals surface area contributed by atoms with Crippen LogP contribution in [0.3, 0.4) is 0 Å². The van der Waals surface area contributed by atoms with Gasteiger partial charge in [-0.2, -0.15) is 4.98 Å². The predicted molar refractivity (Wildman–Crippen MR) is 145 cm³/mol. The maximum absolute atomic E-state index is 12.0. The van der Waals surface area contributed by atoms with Gasteiger partial charge in [0.05, 0.1) is 17.7 Å². The highest BCUT2D eigenvalue weighted by Gasteiger charge is 2.33. The molecule has 2 aromatic carbocycles. The van der Waals surface area contributed by atoms with Crippen molar-refractivity contribution in [2.45, 2.75) is 25.9 Å². The van der Waals surface area contributed by atoms with Crippen LogP contribution in [0.2, 0.25) is 0 Å². The minimum absolute atomic E-state index is 0.0364. The lowest BCUT2D eigenvalue weighted by Crippen LogP contribution is -2.29. The molecule has 0 saturated heterocycles. The number of fused-ring (bicyclic) bond motifs is 1. The second kappa shape index (κ2) is 10.8. The summed E-state index contributed by atoms with van der Waals surface area (Å²) in [6.07, 6.45) is 1.74. The van der Waals surface area contributed by atoms with Gasteiger partial charge in [0.1, 0.15) is 11.6 Å². The highest BCUT2D eigenvalue weighted by Crippen LogP contribution is 2.40. The lowest BCUT2D eigenvalue weighted by atomic mass is 10.0. The summed E-state index contributed by atoms with van der Waals surface area (Å²) in [7, 11) is 6.20. The highest BCUT2D eigenvalue weighted by atomic mass is 16.5. The second-order valence-corrected chi connectivity index (χ2v) is 9.56. The van der Waals surface area contributed by atoms with Gasteiger partial charge in [-0.3, -0.25) is 4.79 Å². The normalized spacial score (nSPS) is 14.8. The number of anilines is 5. The van der Waals surface area contributed by atoms with Gasteiger partial charge < -0.3 is 30.5 Å². The van der Waals surface area contributed by atoms with Crippen LogP contribution in [0.4, 0.5) is 28.8 Å². The van der Waals surface area contributed by atoms with Crippen molar-refractivity contribution in [3.63, 3.8) is 0 Å². The van der Waals surface area contributed by atoms with Crippen molar-refractivity contribution in [1.29, 1.82) is 0 Å². The van der Waals surface area contributed by atoms with E-state index >= 15 is 0 Å². The fraction of sp³-hybridized carbons (Fsp3) is 0.370. The van der Waals surface area contributed by atoms with E-state index in [-0.39, 0.29) is 17.9 Å². The number of benzene rings is 2. The molecule has 1 amide bonds. The quantitative estimate of drug-likeness (QED) is 0.444.